The minimum absolute atomic E-state index is 0.0186. The number of hydrogen-bond acceptors (Lipinski definition) is 3. The first-order chi connectivity index (χ1) is 8.00. The molecule has 0 aliphatic heterocycles. The van der Waals surface area contributed by atoms with Gasteiger partial charge in [-0.05, 0) is 28.4 Å². The number of nitrogens with zero attached hydrogens (tertiary/aromatic N) is 1. The Labute approximate surface area is 111 Å². The van der Waals surface area contributed by atoms with E-state index in [0.29, 0.717) is 10.9 Å². The monoisotopic (exact) mass is 320 g/mol. The van der Waals surface area contributed by atoms with E-state index in [1.54, 1.807) is 6.07 Å². The van der Waals surface area contributed by atoms with Gasteiger partial charge in [0.05, 0.1) is 5.56 Å². The highest BCUT2D eigenvalue weighted by Gasteiger charge is 2.11. The van der Waals surface area contributed by atoms with Crippen molar-refractivity contribution in [2.45, 2.75) is 12.8 Å². The van der Waals surface area contributed by atoms with Crippen LogP contribution in [0, 0.1) is 0 Å². The van der Waals surface area contributed by atoms with Crippen LogP contribution in [0.3, 0.4) is 0 Å². The molecule has 17 heavy (non-hydrogen) atoms. The molecule has 2 N–H and O–H groups in total. The number of carboxylic acid groups (broad SMARTS) is 1. The molecule has 0 bridgehead atoms. The number of rotatable bonds is 5. The minimum Gasteiger partial charge on any atom is -0.481 e. The molecule has 1 aromatic rings. The Morgan fingerprint density at radius 2 is 2.24 bits per heavy atom. The summed E-state index contributed by atoms with van der Waals surface area (Å²) < 4.78 is 0.651. The SMILES string of the molecule is O=C(O)CCCNC(=O)c1cc(Br)cnc1Cl. The van der Waals surface area contributed by atoms with Gasteiger partial charge in [-0.1, -0.05) is 11.6 Å². The molecule has 0 unspecified atom stereocenters. The number of aromatic nitrogens is 1. The number of nitrogens with one attached hydrogen (secondary N) is 1. The van der Waals surface area contributed by atoms with Crippen LogP contribution in [0.2, 0.25) is 5.15 Å². The van der Waals surface area contributed by atoms with Crippen molar-refractivity contribution in [1.29, 1.82) is 0 Å². The average molecular weight is 322 g/mol. The second-order valence-corrected chi connectivity index (χ2v) is 4.52. The van der Waals surface area contributed by atoms with Crippen LogP contribution in [0.5, 0.6) is 0 Å². The average Bonchev–Trinajstić information content (AvgIpc) is 2.27. The summed E-state index contributed by atoms with van der Waals surface area (Å²) in [7, 11) is 0. The maximum Gasteiger partial charge on any atom is 0.303 e. The van der Waals surface area contributed by atoms with Gasteiger partial charge in [0.15, 0.2) is 0 Å². The van der Waals surface area contributed by atoms with Crippen LogP contribution in [0.15, 0.2) is 16.7 Å². The minimum atomic E-state index is -0.888. The van der Waals surface area contributed by atoms with Crippen LogP contribution in [0.25, 0.3) is 0 Å². The predicted octanol–water partition coefficient (Wildman–Crippen LogP) is 2.09. The molecule has 0 aliphatic carbocycles. The largest absolute Gasteiger partial charge is 0.481 e. The van der Waals surface area contributed by atoms with Crippen molar-refractivity contribution in [3.63, 3.8) is 0 Å². The molecule has 1 amide bonds. The Bertz CT molecular complexity index is 440. The van der Waals surface area contributed by atoms with Crippen molar-refractivity contribution in [3.8, 4) is 0 Å². The first kappa shape index (κ1) is 13.9. The number of aliphatic carboxylic acids is 1. The summed E-state index contributed by atoms with van der Waals surface area (Å²) in [6.07, 6.45) is 1.88. The molecule has 0 spiro atoms. The number of hydrogen-bond donors (Lipinski definition) is 2. The fraction of sp³-hybridized carbons (Fsp3) is 0.300. The van der Waals surface area contributed by atoms with E-state index in [1.807, 2.05) is 0 Å². The van der Waals surface area contributed by atoms with E-state index < -0.39 is 5.97 Å². The highest BCUT2D eigenvalue weighted by Crippen LogP contribution is 2.17. The molecule has 5 nitrogen and oxygen atoms in total. The molecule has 1 heterocycles. The van der Waals surface area contributed by atoms with Gasteiger partial charge in [0.2, 0.25) is 0 Å². The normalized spacial score (nSPS) is 10.0. The summed E-state index contributed by atoms with van der Waals surface area (Å²) in [5.74, 6) is -1.25. The summed E-state index contributed by atoms with van der Waals surface area (Å²) in [4.78, 5) is 25.7. The number of pyridine rings is 1. The lowest BCUT2D eigenvalue weighted by Crippen LogP contribution is -2.25. The van der Waals surface area contributed by atoms with Crippen LogP contribution in [0.4, 0.5) is 0 Å². The van der Waals surface area contributed by atoms with Crippen LogP contribution < -0.4 is 5.32 Å². The van der Waals surface area contributed by atoms with Crippen molar-refractivity contribution in [2.24, 2.45) is 0 Å². The highest BCUT2D eigenvalue weighted by molar-refractivity contribution is 9.10. The molecule has 0 saturated carbocycles. The molecule has 7 heteroatoms. The number of carboxylic acids is 1. The smallest absolute Gasteiger partial charge is 0.303 e. The molecular formula is C10H10BrClN2O3. The summed E-state index contributed by atoms with van der Waals surface area (Å²) in [5.41, 5.74) is 0.261. The number of halogens is 2. The summed E-state index contributed by atoms with van der Waals surface area (Å²) in [6, 6.07) is 1.56. The Morgan fingerprint density at radius 3 is 2.88 bits per heavy atom. The Kier molecular flexibility index (Phi) is 5.37. The van der Waals surface area contributed by atoms with Gasteiger partial charge in [-0.15, -0.1) is 0 Å². The first-order valence-corrected chi connectivity index (χ1v) is 5.99. The van der Waals surface area contributed by atoms with E-state index in [9.17, 15) is 9.59 Å². The van der Waals surface area contributed by atoms with Crippen molar-refractivity contribution >= 4 is 39.4 Å². The van der Waals surface area contributed by atoms with Gasteiger partial charge < -0.3 is 10.4 Å². The molecule has 0 fully saturated rings. The van der Waals surface area contributed by atoms with E-state index >= 15 is 0 Å². The lowest BCUT2D eigenvalue weighted by atomic mass is 10.2. The fourth-order valence-electron chi connectivity index (χ4n) is 1.12. The molecule has 0 saturated heterocycles. The number of carbonyl (C=O) groups excluding carboxylic acids is 1. The quantitative estimate of drug-likeness (QED) is 0.643. The molecule has 1 rings (SSSR count). The van der Waals surface area contributed by atoms with Crippen molar-refractivity contribution in [3.05, 3.63) is 27.5 Å². The van der Waals surface area contributed by atoms with E-state index in [4.69, 9.17) is 16.7 Å². The highest BCUT2D eigenvalue weighted by atomic mass is 79.9. The topological polar surface area (TPSA) is 79.3 Å². The van der Waals surface area contributed by atoms with Crippen LogP contribution in [-0.4, -0.2) is 28.5 Å². The Morgan fingerprint density at radius 1 is 1.53 bits per heavy atom. The zero-order valence-corrected chi connectivity index (χ0v) is 11.1. The van der Waals surface area contributed by atoms with Gasteiger partial charge in [0, 0.05) is 23.6 Å². The van der Waals surface area contributed by atoms with E-state index in [1.165, 1.54) is 6.20 Å². The van der Waals surface area contributed by atoms with Gasteiger partial charge in [-0.3, -0.25) is 9.59 Å². The standard InChI is InChI=1S/C10H10BrClN2O3/c11-6-4-7(9(12)14-5-6)10(17)13-3-1-2-8(15)16/h4-5H,1-3H2,(H,13,17)(H,15,16). The van der Waals surface area contributed by atoms with Crippen molar-refractivity contribution < 1.29 is 14.7 Å². The van der Waals surface area contributed by atoms with Gasteiger partial charge >= 0.3 is 5.97 Å². The first-order valence-electron chi connectivity index (χ1n) is 4.81. The maximum atomic E-state index is 11.7. The van der Waals surface area contributed by atoms with Gasteiger partial charge in [0.25, 0.3) is 5.91 Å². The molecule has 0 atom stereocenters. The van der Waals surface area contributed by atoms with E-state index in [0.717, 1.165) is 0 Å². The molecule has 0 radical (unpaired) electrons. The van der Waals surface area contributed by atoms with E-state index in [2.05, 4.69) is 26.2 Å². The third-order valence-corrected chi connectivity index (χ3v) is 2.64. The van der Waals surface area contributed by atoms with Crippen molar-refractivity contribution in [2.75, 3.05) is 6.54 Å². The maximum absolute atomic E-state index is 11.7. The summed E-state index contributed by atoms with van der Waals surface area (Å²) in [6.45, 7) is 0.286. The molecular weight excluding hydrogens is 311 g/mol. The summed E-state index contributed by atoms with van der Waals surface area (Å²) >= 11 is 8.95. The number of carbonyl (C=O) groups is 2. The molecule has 1 aromatic heterocycles. The van der Waals surface area contributed by atoms with Gasteiger partial charge in [-0.25, -0.2) is 4.98 Å². The lowest BCUT2D eigenvalue weighted by molar-refractivity contribution is -0.137. The second-order valence-electron chi connectivity index (χ2n) is 3.25. The third kappa shape index (κ3) is 4.70. The van der Waals surface area contributed by atoms with E-state index in [-0.39, 0.29) is 29.6 Å². The van der Waals surface area contributed by atoms with Gasteiger partial charge in [0.1, 0.15) is 5.15 Å². The van der Waals surface area contributed by atoms with Crippen LogP contribution in [0.1, 0.15) is 23.2 Å². The third-order valence-electron chi connectivity index (χ3n) is 1.90. The molecule has 0 aromatic carbocycles. The summed E-state index contributed by atoms with van der Waals surface area (Å²) in [5, 5.41) is 11.1. The zero-order chi connectivity index (χ0) is 12.8. The second kappa shape index (κ2) is 6.56. The predicted molar refractivity (Wildman–Crippen MR) is 66.2 cm³/mol. The molecule has 92 valence electrons. The van der Waals surface area contributed by atoms with Crippen molar-refractivity contribution in [1.82, 2.24) is 10.3 Å². The Hall–Kier alpha value is -1.14. The van der Waals surface area contributed by atoms with Crippen LogP contribution in [-0.2, 0) is 4.79 Å². The molecule has 0 aliphatic rings. The fourth-order valence-corrected chi connectivity index (χ4v) is 1.64. The number of amides is 1. The van der Waals surface area contributed by atoms with Gasteiger partial charge in [-0.2, -0.15) is 0 Å². The lowest BCUT2D eigenvalue weighted by Gasteiger charge is -2.05. The van der Waals surface area contributed by atoms with Crippen LogP contribution >= 0.6 is 27.5 Å². The Balaban J connectivity index is 2.52. The zero-order valence-electron chi connectivity index (χ0n) is 8.74.